The molecule has 1 aliphatic rings. The van der Waals surface area contributed by atoms with E-state index in [9.17, 15) is 9.90 Å². The monoisotopic (exact) mass is 235 g/mol. The van der Waals surface area contributed by atoms with E-state index in [0.717, 1.165) is 17.9 Å². The van der Waals surface area contributed by atoms with Crippen LogP contribution < -0.4 is 10.1 Å². The molecule has 92 valence electrons. The van der Waals surface area contributed by atoms with E-state index in [1.54, 1.807) is 7.11 Å². The van der Waals surface area contributed by atoms with Crippen LogP contribution in [0.15, 0.2) is 24.3 Å². The zero-order chi connectivity index (χ0) is 12.4. The Labute approximate surface area is 101 Å². The first-order chi connectivity index (χ1) is 8.13. The number of hydrogen-bond donors (Lipinski definition) is 2. The first kappa shape index (κ1) is 11.9. The van der Waals surface area contributed by atoms with Crippen LogP contribution in [0.5, 0.6) is 5.75 Å². The SMILES string of the molecule is COc1ccc(C2NCC(C)C2C(=O)O)cc1. The molecule has 1 aromatic carbocycles. The molecule has 1 heterocycles. The lowest BCUT2D eigenvalue weighted by molar-refractivity contribution is -0.143. The molecule has 2 N–H and O–H groups in total. The number of rotatable bonds is 3. The molecule has 17 heavy (non-hydrogen) atoms. The predicted molar refractivity (Wildman–Crippen MR) is 64.0 cm³/mol. The number of aliphatic carboxylic acids is 1. The fourth-order valence-corrected chi connectivity index (χ4v) is 2.42. The molecular formula is C13H17NO3. The molecular weight excluding hydrogens is 218 g/mol. The summed E-state index contributed by atoms with van der Waals surface area (Å²) in [5, 5.41) is 12.5. The Kier molecular flexibility index (Phi) is 3.33. The van der Waals surface area contributed by atoms with Gasteiger partial charge in [-0.3, -0.25) is 4.79 Å². The van der Waals surface area contributed by atoms with E-state index in [-0.39, 0.29) is 17.9 Å². The van der Waals surface area contributed by atoms with Crippen molar-refractivity contribution in [3.63, 3.8) is 0 Å². The molecule has 0 spiro atoms. The van der Waals surface area contributed by atoms with E-state index in [1.807, 2.05) is 31.2 Å². The highest BCUT2D eigenvalue weighted by Gasteiger charge is 2.39. The molecule has 1 fully saturated rings. The lowest BCUT2D eigenvalue weighted by Crippen LogP contribution is -2.25. The van der Waals surface area contributed by atoms with Crippen LogP contribution in [0, 0.1) is 11.8 Å². The number of methoxy groups -OCH3 is 1. The van der Waals surface area contributed by atoms with Crippen LogP contribution in [0.2, 0.25) is 0 Å². The summed E-state index contributed by atoms with van der Waals surface area (Å²) >= 11 is 0. The molecule has 0 aliphatic carbocycles. The van der Waals surface area contributed by atoms with Crippen LogP contribution in [0.4, 0.5) is 0 Å². The van der Waals surface area contributed by atoms with Gasteiger partial charge in [-0.25, -0.2) is 0 Å². The molecule has 2 rings (SSSR count). The molecule has 1 aliphatic heterocycles. The fourth-order valence-electron chi connectivity index (χ4n) is 2.42. The van der Waals surface area contributed by atoms with Gasteiger partial charge in [-0.05, 0) is 30.2 Å². The van der Waals surface area contributed by atoms with Gasteiger partial charge in [0.25, 0.3) is 0 Å². The number of benzene rings is 1. The first-order valence-electron chi connectivity index (χ1n) is 5.73. The van der Waals surface area contributed by atoms with Gasteiger partial charge in [0.05, 0.1) is 13.0 Å². The second-order valence-electron chi connectivity index (χ2n) is 4.50. The third-order valence-corrected chi connectivity index (χ3v) is 3.39. The van der Waals surface area contributed by atoms with E-state index >= 15 is 0 Å². The van der Waals surface area contributed by atoms with E-state index in [0.29, 0.717) is 0 Å². The number of nitrogens with one attached hydrogen (secondary N) is 1. The topological polar surface area (TPSA) is 58.6 Å². The maximum atomic E-state index is 11.3. The summed E-state index contributed by atoms with van der Waals surface area (Å²) in [5.74, 6) is -0.155. The van der Waals surface area contributed by atoms with Crippen LogP contribution >= 0.6 is 0 Å². The first-order valence-corrected chi connectivity index (χ1v) is 5.73. The van der Waals surface area contributed by atoms with E-state index in [4.69, 9.17) is 4.74 Å². The Morgan fingerprint density at radius 2 is 2.06 bits per heavy atom. The summed E-state index contributed by atoms with van der Waals surface area (Å²) in [7, 11) is 1.62. The van der Waals surface area contributed by atoms with Crippen LogP contribution in [0.3, 0.4) is 0 Å². The molecule has 3 unspecified atom stereocenters. The molecule has 1 aromatic rings. The maximum Gasteiger partial charge on any atom is 0.308 e. The maximum absolute atomic E-state index is 11.3. The van der Waals surface area contributed by atoms with Crippen molar-refractivity contribution in [3.05, 3.63) is 29.8 Å². The van der Waals surface area contributed by atoms with Crippen molar-refractivity contribution in [1.82, 2.24) is 5.32 Å². The van der Waals surface area contributed by atoms with Gasteiger partial charge in [0.1, 0.15) is 5.75 Å². The smallest absolute Gasteiger partial charge is 0.308 e. The number of carboxylic acids is 1. The van der Waals surface area contributed by atoms with Gasteiger partial charge in [0.15, 0.2) is 0 Å². The number of hydrogen-bond acceptors (Lipinski definition) is 3. The highest BCUT2D eigenvalue weighted by Crippen LogP contribution is 2.34. The molecule has 0 bridgehead atoms. The average Bonchev–Trinajstić information content (AvgIpc) is 2.71. The van der Waals surface area contributed by atoms with Gasteiger partial charge in [-0.1, -0.05) is 19.1 Å². The summed E-state index contributed by atoms with van der Waals surface area (Å²) in [6, 6.07) is 7.46. The van der Waals surface area contributed by atoms with Gasteiger partial charge in [0, 0.05) is 6.04 Å². The summed E-state index contributed by atoms with van der Waals surface area (Å²) in [5.41, 5.74) is 1.00. The van der Waals surface area contributed by atoms with Gasteiger partial charge >= 0.3 is 5.97 Å². The molecule has 0 radical (unpaired) electrons. The largest absolute Gasteiger partial charge is 0.497 e. The molecule has 4 heteroatoms. The Balaban J connectivity index is 2.23. The van der Waals surface area contributed by atoms with Crippen molar-refractivity contribution in [2.45, 2.75) is 13.0 Å². The van der Waals surface area contributed by atoms with Crippen LogP contribution in [0.1, 0.15) is 18.5 Å². The molecule has 1 saturated heterocycles. The summed E-state index contributed by atoms with van der Waals surface area (Å²) in [6.07, 6.45) is 0. The van der Waals surface area contributed by atoms with Gasteiger partial charge in [0.2, 0.25) is 0 Å². The van der Waals surface area contributed by atoms with E-state index < -0.39 is 5.97 Å². The predicted octanol–water partition coefficient (Wildman–Crippen LogP) is 1.68. The van der Waals surface area contributed by atoms with Crippen LogP contribution in [-0.4, -0.2) is 24.7 Å². The second kappa shape index (κ2) is 4.75. The van der Waals surface area contributed by atoms with Crippen LogP contribution in [0.25, 0.3) is 0 Å². The van der Waals surface area contributed by atoms with Crippen molar-refractivity contribution in [2.24, 2.45) is 11.8 Å². The Bertz CT molecular complexity index is 402. The van der Waals surface area contributed by atoms with Crippen molar-refractivity contribution >= 4 is 5.97 Å². The Morgan fingerprint density at radius 1 is 1.41 bits per heavy atom. The van der Waals surface area contributed by atoms with E-state index in [1.165, 1.54) is 0 Å². The third-order valence-electron chi connectivity index (χ3n) is 3.39. The van der Waals surface area contributed by atoms with Gasteiger partial charge in [-0.2, -0.15) is 0 Å². The summed E-state index contributed by atoms with van der Waals surface area (Å²) in [4.78, 5) is 11.3. The molecule has 0 aromatic heterocycles. The van der Waals surface area contributed by atoms with Crippen LogP contribution in [-0.2, 0) is 4.79 Å². The van der Waals surface area contributed by atoms with Crippen molar-refractivity contribution in [1.29, 1.82) is 0 Å². The second-order valence-corrected chi connectivity index (χ2v) is 4.50. The third kappa shape index (κ3) is 2.26. The lowest BCUT2D eigenvalue weighted by atomic mass is 9.88. The van der Waals surface area contributed by atoms with Crippen molar-refractivity contribution < 1.29 is 14.6 Å². The Hall–Kier alpha value is -1.55. The zero-order valence-corrected chi connectivity index (χ0v) is 10.0. The van der Waals surface area contributed by atoms with Crippen molar-refractivity contribution in [3.8, 4) is 5.75 Å². The number of ether oxygens (including phenoxy) is 1. The molecule has 0 amide bonds. The van der Waals surface area contributed by atoms with E-state index in [2.05, 4.69) is 5.32 Å². The van der Waals surface area contributed by atoms with Gasteiger partial charge in [-0.15, -0.1) is 0 Å². The minimum atomic E-state index is -0.733. The quantitative estimate of drug-likeness (QED) is 0.836. The lowest BCUT2D eigenvalue weighted by Gasteiger charge is -2.18. The molecule has 4 nitrogen and oxygen atoms in total. The van der Waals surface area contributed by atoms with Gasteiger partial charge < -0.3 is 15.2 Å². The fraction of sp³-hybridized carbons (Fsp3) is 0.462. The summed E-state index contributed by atoms with van der Waals surface area (Å²) < 4.78 is 5.09. The normalized spacial score (nSPS) is 28.0. The molecule has 0 saturated carbocycles. The van der Waals surface area contributed by atoms with Crippen molar-refractivity contribution in [2.75, 3.05) is 13.7 Å². The highest BCUT2D eigenvalue weighted by atomic mass is 16.5. The Morgan fingerprint density at radius 3 is 2.59 bits per heavy atom. The minimum Gasteiger partial charge on any atom is -0.497 e. The average molecular weight is 235 g/mol. The summed E-state index contributed by atoms with van der Waals surface area (Å²) in [6.45, 7) is 2.71. The highest BCUT2D eigenvalue weighted by molar-refractivity contribution is 5.72. The standard InChI is InChI=1S/C13H17NO3/c1-8-7-14-12(11(8)13(15)16)9-3-5-10(17-2)6-4-9/h3-6,8,11-12,14H,7H2,1-2H3,(H,15,16). The minimum absolute atomic E-state index is 0.103. The molecule has 3 atom stereocenters. The zero-order valence-electron chi connectivity index (χ0n) is 10.0. The number of carbonyl (C=O) groups is 1. The number of carboxylic acid groups (broad SMARTS) is 1.